The van der Waals surface area contributed by atoms with Crippen LogP contribution in [0.1, 0.15) is 0 Å². The molecule has 0 atom stereocenters. The Hall–Kier alpha value is -2.40. The molecular formula is C16H15ClN4O. The van der Waals surface area contributed by atoms with E-state index >= 15 is 0 Å². The molecule has 0 bridgehead atoms. The molecule has 2 heterocycles. The summed E-state index contributed by atoms with van der Waals surface area (Å²) < 4.78 is 1.82. The van der Waals surface area contributed by atoms with Gasteiger partial charge >= 0.3 is 0 Å². The predicted molar refractivity (Wildman–Crippen MR) is 86.7 cm³/mol. The number of imidazole rings is 1. The van der Waals surface area contributed by atoms with Crippen LogP contribution in [0.25, 0.3) is 22.6 Å². The largest absolute Gasteiger partial charge is 0.347 e. The zero-order valence-corrected chi connectivity index (χ0v) is 13.1. The first-order valence-corrected chi connectivity index (χ1v) is 7.21. The number of amides is 1. The molecule has 2 aromatic heterocycles. The Balaban J connectivity index is 2.18. The molecule has 0 saturated heterocycles. The Morgan fingerprint density at radius 1 is 1.27 bits per heavy atom. The van der Waals surface area contributed by atoms with Crippen LogP contribution in [-0.2, 0) is 11.3 Å². The molecule has 0 N–H and O–H groups in total. The highest BCUT2D eigenvalue weighted by Gasteiger charge is 2.17. The fourth-order valence-corrected chi connectivity index (χ4v) is 2.42. The first kappa shape index (κ1) is 14.5. The first-order chi connectivity index (χ1) is 10.6. The van der Waals surface area contributed by atoms with E-state index < -0.39 is 0 Å². The minimum Gasteiger partial charge on any atom is -0.347 e. The minimum atomic E-state index is -0.0202. The number of rotatable bonds is 3. The summed E-state index contributed by atoms with van der Waals surface area (Å²) in [6.07, 6.45) is 1.70. The van der Waals surface area contributed by atoms with Crippen molar-refractivity contribution in [3.05, 3.63) is 47.6 Å². The van der Waals surface area contributed by atoms with Crippen LogP contribution in [-0.4, -0.2) is 39.4 Å². The van der Waals surface area contributed by atoms with E-state index in [1.807, 2.05) is 34.9 Å². The van der Waals surface area contributed by atoms with E-state index in [1.165, 1.54) is 0 Å². The van der Waals surface area contributed by atoms with E-state index in [2.05, 4.69) is 9.97 Å². The number of hydrogen-bond acceptors (Lipinski definition) is 3. The Kier molecular flexibility index (Phi) is 3.81. The highest BCUT2D eigenvalue weighted by Crippen LogP contribution is 2.25. The fraction of sp³-hybridized carbons (Fsp3) is 0.188. The summed E-state index contributed by atoms with van der Waals surface area (Å²) in [5.41, 5.74) is 2.30. The molecule has 0 saturated carbocycles. The molecule has 0 aliphatic heterocycles. The van der Waals surface area contributed by atoms with Gasteiger partial charge in [0.25, 0.3) is 0 Å². The van der Waals surface area contributed by atoms with Crippen LogP contribution in [0.2, 0.25) is 5.02 Å². The van der Waals surface area contributed by atoms with Gasteiger partial charge in [-0.15, -0.1) is 0 Å². The quantitative estimate of drug-likeness (QED) is 0.747. The molecule has 3 rings (SSSR count). The van der Waals surface area contributed by atoms with Gasteiger partial charge in [0.15, 0.2) is 5.65 Å². The number of carbonyl (C=O) groups excluding carboxylic acids is 1. The molecular weight excluding hydrogens is 300 g/mol. The normalized spacial score (nSPS) is 10.9. The summed E-state index contributed by atoms with van der Waals surface area (Å²) in [5, 5.41) is 0.628. The lowest BCUT2D eigenvalue weighted by Gasteiger charge is -2.13. The highest BCUT2D eigenvalue weighted by molar-refractivity contribution is 6.30. The van der Waals surface area contributed by atoms with Gasteiger partial charge in [-0.25, -0.2) is 9.97 Å². The third-order valence-corrected chi connectivity index (χ3v) is 3.61. The topological polar surface area (TPSA) is 51.0 Å². The summed E-state index contributed by atoms with van der Waals surface area (Å²) in [4.78, 5) is 22.6. The zero-order chi connectivity index (χ0) is 15.7. The second-order valence-corrected chi connectivity index (χ2v) is 5.60. The van der Waals surface area contributed by atoms with Gasteiger partial charge in [0.05, 0.1) is 0 Å². The van der Waals surface area contributed by atoms with Crippen molar-refractivity contribution >= 4 is 28.7 Å². The molecule has 0 radical (unpaired) electrons. The standard InChI is InChI=1S/C16H15ClN4O/c1-20(2)14(22)10-21-15(11-5-3-6-12(17)9-11)19-13-7-4-8-18-16(13)21/h3-9H,10H2,1-2H3. The molecule has 22 heavy (non-hydrogen) atoms. The van der Waals surface area contributed by atoms with E-state index in [1.54, 1.807) is 31.3 Å². The summed E-state index contributed by atoms with van der Waals surface area (Å²) >= 11 is 6.07. The van der Waals surface area contributed by atoms with Crippen molar-refractivity contribution in [3.8, 4) is 11.4 Å². The summed E-state index contributed by atoms with van der Waals surface area (Å²) in [5.74, 6) is 0.666. The first-order valence-electron chi connectivity index (χ1n) is 6.83. The van der Waals surface area contributed by atoms with Gasteiger partial charge in [0.2, 0.25) is 5.91 Å². The van der Waals surface area contributed by atoms with E-state index in [9.17, 15) is 4.79 Å². The van der Waals surface area contributed by atoms with Crippen LogP contribution < -0.4 is 0 Å². The third-order valence-electron chi connectivity index (χ3n) is 3.38. The second kappa shape index (κ2) is 5.77. The van der Waals surface area contributed by atoms with Crippen molar-refractivity contribution < 1.29 is 4.79 Å². The van der Waals surface area contributed by atoms with E-state index in [0.29, 0.717) is 16.5 Å². The average Bonchev–Trinajstić information content (AvgIpc) is 2.86. The molecule has 6 heteroatoms. The van der Waals surface area contributed by atoms with E-state index in [-0.39, 0.29) is 12.5 Å². The second-order valence-electron chi connectivity index (χ2n) is 5.17. The molecule has 0 aliphatic carbocycles. The van der Waals surface area contributed by atoms with Crippen LogP contribution >= 0.6 is 11.6 Å². The monoisotopic (exact) mass is 314 g/mol. The molecule has 5 nitrogen and oxygen atoms in total. The lowest BCUT2D eigenvalue weighted by molar-refractivity contribution is -0.129. The van der Waals surface area contributed by atoms with Gasteiger partial charge in [-0.2, -0.15) is 0 Å². The molecule has 0 spiro atoms. The molecule has 0 unspecified atom stereocenters. The number of aromatic nitrogens is 3. The Morgan fingerprint density at radius 2 is 2.09 bits per heavy atom. The predicted octanol–water partition coefficient (Wildman–Crippen LogP) is 2.84. The highest BCUT2D eigenvalue weighted by atomic mass is 35.5. The van der Waals surface area contributed by atoms with Gasteiger partial charge in [0.1, 0.15) is 17.9 Å². The van der Waals surface area contributed by atoms with Crippen LogP contribution in [0.4, 0.5) is 0 Å². The maximum absolute atomic E-state index is 12.1. The Morgan fingerprint density at radius 3 is 2.82 bits per heavy atom. The molecule has 0 aliphatic rings. The molecule has 0 fully saturated rings. The van der Waals surface area contributed by atoms with Crippen LogP contribution in [0.15, 0.2) is 42.6 Å². The number of hydrogen-bond donors (Lipinski definition) is 0. The van der Waals surface area contributed by atoms with Crippen molar-refractivity contribution in [2.75, 3.05) is 14.1 Å². The van der Waals surface area contributed by atoms with Crippen molar-refractivity contribution in [1.29, 1.82) is 0 Å². The summed E-state index contributed by atoms with van der Waals surface area (Å²) in [6, 6.07) is 11.1. The number of likely N-dealkylation sites (N-methyl/N-ethyl adjacent to an activating group) is 1. The van der Waals surface area contributed by atoms with Gasteiger partial charge in [-0.3, -0.25) is 9.36 Å². The van der Waals surface area contributed by atoms with Crippen LogP contribution in [0.3, 0.4) is 0 Å². The Bertz CT molecular complexity index is 841. The maximum Gasteiger partial charge on any atom is 0.242 e. The number of carbonyl (C=O) groups is 1. The molecule has 112 valence electrons. The lowest BCUT2D eigenvalue weighted by atomic mass is 10.2. The fourth-order valence-electron chi connectivity index (χ4n) is 2.23. The Labute approximate surface area is 133 Å². The average molecular weight is 315 g/mol. The lowest BCUT2D eigenvalue weighted by Crippen LogP contribution is -2.26. The number of nitrogens with zero attached hydrogens (tertiary/aromatic N) is 4. The van der Waals surface area contributed by atoms with Gasteiger partial charge in [-0.05, 0) is 24.3 Å². The molecule has 3 aromatic rings. The number of benzene rings is 1. The van der Waals surface area contributed by atoms with Gasteiger partial charge in [-0.1, -0.05) is 23.7 Å². The summed E-state index contributed by atoms with van der Waals surface area (Å²) in [6.45, 7) is 0.183. The molecule has 1 amide bonds. The third kappa shape index (κ3) is 2.67. The van der Waals surface area contributed by atoms with E-state index in [0.717, 1.165) is 11.1 Å². The smallest absolute Gasteiger partial charge is 0.242 e. The SMILES string of the molecule is CN(C)C(=O)Cn1c(-c2cccc(Cl)c2)nc2cccnc21. The van der Waals surface area contributed by atoms with Crippen molar-refractivity contribution in [1.82, 2.24) is 19.4 Å². The summed E-state index contributed by atoms with van der Waals surface area (Å²) in [7, 11) is 3.46. The minimum absolute atomic E-state index is 0.0202. The van der Waals surface area contributed by atoms with Crippen molar-refractivity contribution in [2.45, 2.75) is 6.54 Å². The van der Waals surface area contributed by atoms with Crippen molar-refractivity contribution in [3.63, 3.8) is 0 Å². The zero-order valence-electron chi connectivity index (χ0n) is 12.3. The van der Waals surface area contributed by atoms with Crippen LogP contribution in [0, 0.1) is 0 Å². The number of halogens is 1. The van der Waals surface area contributed by atoms with E-state index in [4.69, 9.17) is 11.6 Å². The molecule has 1 aromatic carbocycles. The van der Waals surface area contributed by atoms with Gasteiger partial charge in [0, 0.05) is 30.9 Å². The number of pyridine rings is 1. The maximum atomic E-state index is 12.1. The van der Waals surface area contributed by atoms with Crippen LogP contribution in [0.5, 0.6) is 0 Å². The van der Waals surface area contributed by atoms with Gasteiger partial charge < -0.3 is 4.90 Å². The van der Waals surface area contributed by atoms with Crippen molar-refractivity contribution in [2.24, 2.45) is 0 Å². The number of fused-ring (bicyclic) bond motifs is 1.